The van der Waals surface area contributed by atoms with Gasteiger partial charge in [0.1, 0.15) is 17.8 Å². The number of halogens is 1. The van der Waals surface area contributed by atoms with E-state index in [9.17, 15) is 9.18 Å². The third-order valence-corrected chi connectivity index (χ3v) is 1.70. The Hall–Kier alpha value is -2.37. The molecule has 1 aromatic carbocycles. The van der Waals surface area contributed by atoms with Gasteiger partial charge < -0.3 is 14.3 Å². The number of nitrogens with zero attached hydrogens (tertiary/aromatic N) is 1. The quantitative estimate of drug-likeness (QED) is 0.864. The Morgan fingerprint density at radius 2 is 2.31 bits per heavy atom. The first kappa shape index (κ1) is 10.2. The maximum Gasteiger partial charge on any atom is 0.399 e. The normalized spacial score (nSPS) is 10.1. The van der Waals surface area contributed by atoms with E-state index in [1.54, 1.807) is 0 Å². The lowest BCUT2D eigenvalue weighted by atomic mass is 10.3. The van der Waals surface area contributed by atoms with Gasteiger partial charge in [0.05, 0.1) is 0 Å². The van der Waals surface area contributed by atoms with Crippen LogP contribution in [0, 0.1) is 5.82 Å². The molecule has 1 N–H and O–H groups in total. The van der Waals surface area contributed by atoms with Gasteiger partial charge in [0.15, 0.2) is 5.69 Å². The van der Waals surface area contributed by atoms with E-state index in [1.165, 1.54) is 18.2 Å². The highest BCUT2D eigenvalue weighted by atomic mass is 19.1. The van der Waals surface area contributed by atoms with Gasteiger partial charge in [-0.15, -0.1) is 0 Å². The Labute approximate surface area is 89.1 Å². The molecule has 0 unspecified atom stereocenters. The molecule has 0 radical (unpaired) electrons. The van der Waals surface area contributed by atoms with Crippen molar-refractivity contribution in [2.24, 2.45) is 0 Å². The number of aromatic nitrogens is 1. The number of hydrogen-bond acceptors (Lipinski definition) is 4. The fraction of sp³-hybridized carbons (Fsp3) is 0. The number of carbonyl (C=O) groups is 1. The fourth-order valence-electron chi connectivity index (χ4n) is 1.03. The first-order valence-electron chi connectivity index (χ1n) is 4.27. The summed E-state index contributed by atoms with van der Waals surface area (Å²) in [5, 5.41) is 8.57. The second-order valence-corrected chi connectivity index (χ2v) is 2.86. The Bertz CT molecular complexity index is 523. The van der Waals surface area contributed by atoms with Crippen molar-refractivity contribution in [3.8, 4) is 11.8 Å². The molecule has 16 heavy (non-hydrogen) atoms. The molecule has 2 aromatic rings. The van der Waals surface area contributed by atoms with Crippen LogP contribution in [0.5, 0.6) is 11.8 Å². The minimum atomic E-state index is -1.22. The number of benzene rings is 1. The summed E-state index contributed by atoms with van der Waals surface area (Å²) < 4.78 is 22.5. The van der Waals surface area contributed by atoms with Gasteiger partial charge >= 0.3 is 12.0 Å². The number of ether oxygens (including phenoxy) is 1. The topological polar surface area (TPSA) is 72.6 Å². The second kappa shape index (κ2) is 4.01. The molecule has 2 rings (SSSR count). The summed E-state index contributed by atoms with van der Waals surface area (Å²) in [6.45, 7) is 0. The van der Waals surface area contributed by atoms with Crippen LogP contribution in [0.1, 0.15) is 10.5 Å². The van der Waals surface area contributed by atoms with Crippen LogP contribution in [0.2, 0.25) is 0 Å². The Morgan fingerprint density at radius 1 is 1.50 bits per heavy atom. The molecular formula is C10H6FNO4. The zero-order valence-electron chi connectivity index (χ0n) is 7.88. The number of rotatable bonds is 3. The lowest BCUT2D eigenvalue weighted by Crippen LogP contribution is -1.95. The largest absolute Gasteiger partial charge is 0.476 e. The highest BCUT2D eigenvalue weighted by Crippen LogP contribution is 2.20. The lowest BCUT2D eigenvalue weighted by Gasteiger charge is -1.99. The first-order chi connectivity index (χ1) is 7.65. The molecule has 0 amide bonds. The molecular weight excluding hydrogens is 217 g/mol. The van der Waals surface area contributed by atoms with Crippen molar-refractivity contribution in [3.63, 3.8) is 0 Å². The first-order valence-corrected chi connectivity index (χ1v) is 4.27. The van der Waals surface area contributed by atoms with E-state index >= 15 is 0 Å². The monoisotopic (exact) mass is 223 g/mol. The Morgan fingerprint density at radius 3 is 2.94 bits per heavy atom. The van der Waals surface area contributed by atoms with Crippen molar-refractivity contribution in [2.75, 3.05) is 0 Å². The summed E-state index contributed by atoms with van der Waals surface area (Å²) in [5.74, 6) is -1.51. The zero-order valence-corrected chi connectivity index (χ0v) is 7.88. The smallest absolute Gasteiger partial charge is 0.399 e. The van der Waals surface area contributed by atoms with E-state index in [4.69, 9.17) is 14.3 Å². The Balaban J connectivity index is 2.17. The van der Waals surface area contributed by atoms with Crippen molar-refractivity contribution in [1.29, 1.82) is 0 Å². The van der Waals surface area contributed by atoms with E-state index in [0.29, 0.717) is 0 Å². The third-order valence-electron chi connectivity index (χ3n) is 1.70. The average Bonchev–Trinajstić information content (AvgIpc) is 2.66. The molecule has 0 aliphatic rings. The van der Waals surface area contributed by atoms with Crippen LogP contribution in [-0.4, -0.2) is 16.1 Å². The zero-order chi connectivity index (χ0) is 11.5. The van der Waals surface area contributed by atoms with Gasteiger partial charge in [0.25, 0.3) is 0 Å². The van der Waals surface area contributed by atoms with Crippen LogP contribution in [-0.2, 0) is 0 Å². The summed E-state index contributed by atoms with van der Waals surface area (Å²) in [5.41, 5.74) is -0.272. The molecule has 0 atom stereocenters. The molecule has 1 aromatic heterocycles. The van der Waals surface area contributed by atoms with Crippen LogP contribution in [0.4, 0.5) is 4.39 Å². The minimum Gasteiger partial charge on any atom is -0.476 e. The second-order valence-electron chi connectivity index (χ2n) is 2.86. The number of aromatic carboxylic acids is 1. The highest BCUT2D eigenvalue weighted by molar-refractivity contribution is 5.84. The summed E-state index contributed by atoms with van der Waals surface area (Å²) >= 11 is 0. The van der Waals surface area contributed by atoms with Crippen LogP contribution >= 0.6 is 0 Å². The molecule has 0 saturated heterocycles. The van der Waals surface area contributed by atoms with Crippen molar-refractivity contribution in [1.82, 2.24) is 4.98 Å². The number of oxazole rings is 1. The summed E-state index contributed by atoms with van der Waals surface area (Å²) in [6.07, 6.45) is 0.694. The number of carboxylic acids is 1. The summed E-state index contributed by atoms with van der Waals surface area (Å²) in [6, 6.07) is 5.33. The third kappa shape index (κ3) is 2.17. The van der Waals surface area contributed by atoms with Crippen LogP contribution in [0.3, 0.4) is 0 Å². The van der Waals surface area contributed by atoms with E-state index < -0.39 is 11.8 Å². The molecule has 5 nitrogen and oxygen atoms in total. The molecule has 1 heterocycles. The van der Waals surface area contributed by atoms with Crippen LogP contribution < -0.4 is 4.74 Å². The van der Waals surface area contributed by atoms with Gasteiger partial charge in [-0.2, -0.15) is 4.98 Å². The van der Waals surface area contributed by atoms with E-state index in [2.05, 4.69) is 4.98 Å². The van der Waals surface area contributed by atoms with Crippen molar-refractivity contribution < 1.29 is 23.4 Å². The standard InChI is InChI=1S/C10H6FNO4/c11-6-2-1-3-7(4-6)16-10-12-8(5-15-10)9(13)14/h1-5H,(H,13,14). The maximum atomic E-state index is 12.8. The van der Waals surface area contributed by atoms with Crippen molar-refractivity contribution in [3.05, 3.63) is 42.0 Å². The number of hydrogen-bond donors (Lipinski definition) is 1. The Kier molecular flexibility index (Phi) is 2.55. The van der Waals surface area contributed by atoms with Gasteiger partial charge in [-0.05, 0) is 12.1 Å². The van der Waals surface area contributed by atoms with E-state index in [0.717, 1.165) is 12.3 Å². The number of carboxylic acid groups (broad SMARTS) is 1. The molecule has 82 valence electrons. The van der Waals surface area contributed by atoms with Gasteiger partial charge in [-0.1, -0.05) is 6.07 Å². The molecule has 6 heteroatoms. The van der Waals surface area contributed by atoms with Crippen LogP contribution in [0.15, 0.2) is 34.9 Å². The molecule has 0 spiro atoms. The minimum absolute atomic E-state index is 0.179. The maximum absolute atomic E-state index is 12.8. The molecule has 0 fully saturated rings. The molecule has 0 saturated carbocycles. The molecule has 0 bridgehead atoms. The molecule has 0 aliphatic carbocycles. The highest BCUT2D eigenvalue weighted by Gasteiger charge is 2.11. The summed E-state index contributed by atoms with van der Waals surface area (Å²) in [4.78, 5) is 14.0. The van der Waals surface area contributed by atoms with Gasteiger partial charge in [0, 0.05) is 6.07 Å². The van der Waals surface area contributed by atoms with E-state index in [1.807, 2.05) is 0 Å². The SMILES string of the molecule is O=C(O)c1coc(Oc2cccc(F)c2)n1. The molecule has 0 aliphatic heterocycles. The predicted octanol–water partition coefficient (Wildman–Crippen LogP) is 2.30. The van der Waals surface area contributed by atoms with Gasteiger partial charge in [0.2, 0.25) is 0 Å². The summed E-state index contributed by atoms with van der Waals surface area (Å²) in [7, 11) is 0. The lowest BCUT2D eigenvalue weighted by molar-refractivity contribution is 0.0690. The van der Waals surface area contributed by atoms with Gasteiger partial charge in [-0.3, -0.25) is 0 Å². The average molecular weight is 223 g/mol. The van der Waals surface area contributed by atoms with Crippen LogP contribution in [0.25, 0.3) is 0 Å². The van der Waals surface area contributed by atoms with E-state index in [-0.39, 0.29) is 17.5 Å². The van der Waals surface area contributed by atoms with Crippen molar-refractivity contribution in [2.45, 2.75) is 0 Å². The predicted molar refractivity (Wildman–Crippen MR) is 49.9 cm³/mol. The fourth-order valence-corrected chi connectivity index (χ4v) is 1.03. The van der Waals surface area contributed by atoms with Crippen molar-refractivity contribution >= 4 is 5.97 Å². The van der Waals surface area contributed by atoms with Gasteiger partial charge in [-0.25, -0.2) is 9.18 Å².